The lowest BCUT2D eigenvalue weighted by Crippen LogP contribution is -2.31. The monoisotopic (exact) mass is 478 g/mol. The molecular formula is C31H43FN2O. The zero-order valence-electron chi connectivity index (χ0n) is 22.2. The summed E-state index contributed by atoms with van der Waals surface area (Å²) in [6.07, 6.45) is 5.44. The van der Waals surface area contributed by atoms with E-state index in [1.165, 1.54) is 34.4 Å². The Kier molecular flexibility index (Phi) is 8.54. The molecule has 0 aromatic heterocycles. The number of benzene rings is 2. The number of fused-ring (bicyclic) bond motifs is 1. The summed E-state index contributed by atoms with van der Waals surface area (Å²) in [5.41, 5.74) is 7.62. The molecule has 4 rings (SSSR count). The predicted molar refractivity (Wildman–Crippen MR) is 143 cm³/mol. The van der Waals surface area contributed by atoms with E-state index in [1.807, 2.05) is 6.07 Å². The van der Waals surface area contributed by atoms with Gasteiger partial charge in [0.1, 0.15) is 11.6 Å². The molecule has 2 heterocycles. The third kappa shape index (κ3) is 6.46. The van der Waals surface area contributed by atoms with Crippen LogP contribution in [0, 0.1) is 24.6 Å². The van der Waals surface area contributed by atoms with Crippen LogP contribution < -0.4 is 4.74 Å². The van der Waals surface area contributed by atoms with Gasteiger partial charge in [0.05, 0.1) is 6.61 Å². The lowest BCUT2D eigenvalue weighted by atomic mass is 9.99. The molecule has 2 aliphatic heterocycles. The molecule has 2 aromatic rings. The van der Waals surface area contributed by atoms with Crippen LogP contribution in [0.2, 0.25) is 0 Å². The van der Waals surface area contributed by atoms with Crippen LogP contribution in [0.3, 0.4) is 0 Å². The highest BCUT2D eigenvalue weighted by Crippen LogP contribution is 2.32. The van der Waals surface area contributed by atoms with Gasteiger partial charge >= 0.3 is 0 Å². The Bertz CT molecular complexity index is 1030. The van der Waals surface area contributed by atoms with E-state index in [9.17, 15) is 4.39 Å². The molecule has 4 heteroatoms. The number of aryl methyl sites for hydroxylation is 3. The van der Waals surface area contributed by atoms with Crippen LogP contribution in [-0.2, 0) is 25.9 Å². The highest BCUT2D eigenvalue weighted by molar-refractivity contribution is 5.45. The van der Waals surface area contributed by atoms with E-state index in [0.29, 0.717) is 11.8 Å². The minimum Gasteiger partial charge on any atom is -0.493 e. The van der Waals surface area contributed by atoms with Crippen molar-refractivity contribution in [3.63, 3.8) is 0 Å². The first-order valence-electron chi connectivity index (χ1n) is 13.5. The van der Waals surface area contributed by atoms with Gasteiger partial charge in [0.25, 0.3) is 0 Å². The first kappa shape index (κ1) is 25.8. The molecule has 1 atom stereocenters. The maximum absolute atomic E-state index is 13.7. The highest BCUT2D eigenvalue weighted by atomic mass is 19.1. The standard InChI is InChI=1S/C31H43FN2O/c1-6-26-17-30(32)11-10-29(26)21-33-13-12-28(20-33)24(5)34(18-22(2)3)19-25-15-23(4)31-27(16-25)9-7-8-14-35-31/h10-11,15-17,22,28H,5-9,12-14,18-21H2,1-4H3/t28-/m1/s1. The minimum absolute atomic E-state index is 0.137. The summed E-state index contributed by atoms with van der Waals surface area (Å²) in [6, 6.07) is 9.94. The van der Waals surface area contributed by atoms with Crippen molar-refractivity contribution in [2.75, 3.05) is 26.2 Å². The molecule has 0 amide bonds. The molecule has 190 valence electrons. The van der Waals surface area contributed by atoms with E-state index in [-0.39, 0.29) is 5.82 Å². The Labute approximate surface area is 212 Å². The molecule has 3 nitrogen and oxygen atoms in total. The predicted octanol–water partition coefficient (Wildman–Crippen LogP) is 6.91. The fraction of sp³-hybridized carbons (Fsp3) is 0.548. The molecule has 0 spiro atoms. The number of halogens is 1. The largest absolute Gasteiger partial charge is 0.493 e. The molecule has 1 saturated heterocycles. The quantitative estimate of drug-likeness (QED) is 0.390. The summed E-state index contributed by atoms with van der Waals surface area (Å²) in [5, 5.41) is 0. The van der Waals surface area contributed by atoms with Crippen molar-refractivity contribution in [2.24, 2.45) is 11.8 Å². The van der Waals surface area contributed by atoms with Crippen LogP contribution in [-0.4, -0.2) is 36.0 Å². The Balaban J connectivity index is 1.45. The van der Waals surface area contributed by atoms with Gasteiger partial charge in [0.15, 0.2) is 0 Å². The van der Waals surface area contributed by atoms with Gasteiger partial charge in [-0.05, 0) is 91.4 Å². The SMILES string of the molecule is C=C([C@@H]1CCN(Cc2ccc(F)cc2CC)C1)N(Cc1cc(C)c2c(c1)CCCCO2)CC(C)C. The van der Waals surface area contributed by atoms with E-state index < -0.39 is 0 Å². The van der Waals surface area contributed by atoms with Crippen LogP contribution in [0.1, 0.15) is 67.9 Å². The van der Waals surface area contributed by atoms with Crippen molar-refractivity contribution in [2.45, 2.75) is 72.9 Å². The molecule has 0 aliphatic carbocycles. The molecule has 0 N–H and O–H groups in total. The van der Waals surface area contributed by atoms with Crippen LogP contribution in [0.15, 0.2) is 42.6 Å². The van der Waals surface area contributed by atoms with Crippen molar-refractivity contribution < 1.29 is 9.13 Å². The summed E-state index contributed by atoms with van der Waals surface area (Å²) in [5.74, 6) is 2.01. The Hall–Kier alpha value is -2.33. The van der Waals surface area contributed by atoms with Crippen LogP contribution in [0.25, 0.3) is 0 Å². The van der Waals surface area contributed by atoms with Crippen molar-refractivity contribution in [1.82, 2.24) is 9.80 Å². The third-order valence-electron chi connectivity index (χ3n) is 7.55. The molecule has 0 bridgehead atoms. The molecule has 2 aliphatic rings. The van der Waals surface area contributed by atoms with E-state index in [2.05, 4.69) is 56.2 Å². The summed E-state index contributed by atoms with van der Waals surface area (Å²) < 4.78 is 19.7. The van der Waals surface area contributed by atoms with Gasteiger partial charge in [0, 0.05) is 37.8 Å². The van der Waals surface area contributed by atoms with Gasteiger partial charge in [-0.25, -0.2) is 4.39 Å². The molecule has 1 fully saturated rings. The second-order valence-corrected chi connectivity index (χ2v) is 11.0. The average Bonchev–Trinajstić information content (AvgIpc) is 3.15. The molecular weight excluding hydrogens is 435 g/mol. The van der Waals surface area contributed by atoms with Crippen molar-refractivity contribution >= 4 is 0 Å². The molecule has 0 saturated carbocycles. The average molecular weight is 479 g/mol. The van der Waals surface area contributed by atoms with Crippen molar-refractivity contribution in [3.8, 4) is 5.75 Å². The molecule has 0 radical (unpaired) electrons. The maximum Gasteiger partial charge on any atom is 0.125 e. The topological polar surface area (TPSA) is 15.7 Å². The van der Waals surface area contributed by atoms with Gasteiger partial charge in [0.2, 0.25) is 0 Å². The van der Waals surface area contributed by atoms with Crippen LogP contribution >= 0.6 is 0 Å². The summed E-state index contributed by atoms with van der Waals surface area (Å²) >= 11 is 0. The van der Waals surface area contributed by atoms with Crippen LogP contribution in [0.5, 0.6) is 5.75 Å². The van der Waals surface area contributed by atoms with Crippen LogP contribution in [0.4, 0.5) is 4.39 Å². The van der Waals surface area contributed by atoms with E-state index in [1.54, 1.807) is 12.1 Å². The number of hydrogen-bond acceptors (Lipinski definition) is 3. The maximum atomic E-state index is 13.7. The van der Waals surface area contributed by atoms with Crippen molar-refractivity contribution in [1.29, 1.82) is 0 Å². The number of nitrogens with zero attached hydrogens (tertiary/aromatic N) is 2. The summed E-state index contributed by atoms with van der Waals surface area (Å²) in [6.45, 7) is 19.2. The van der Waals surface area contributed by atoms with E-state index in [0.717, 1.165) is 76.3 Å². The normalized spacial score (nSPS) is 18.3. The zero-order valence-corrected chi connectivity index (χ0v) is 22.2. The van der Waals surface area contributed by atoms with E-state index in [4.69, 9.17) is 4.74 Å². The highest BCUT2D eigenvalue weighted by Gasteiger charge is 2.28. The first-order valence-corrected chi connectivity index (χ1v) is 13.5. The lowest BCUT2D eigenvalue weighted by molar-refractivity contribution is 0.256. The fourth-order valence-corrected chi connectivity index (χ4v) is 5.77. The van der Waals surface area contributed by atoms with Gasteiger partial charge in [-0.2, -0.15) is 0 Å². The van der Waals surface area contributed by atoms with E-state index >= 15 is 0 Å². The smallest absolute Gasteiger partial charge is 0.125 e. The van der Waals surface area contributed by atoms with Gasteiger partial charge in [-0.1, -0.05) is 45.5 Å². The first-order chi connectivity index (χ1) is 16.8. The third-order valence-corrected chi connectivity index (χ3v) is 7.55. The second kappa shape index (κ2) is 11.6. The van der Waals surface area contributed by atoms with Gasteiger partial charge < -0.3 is 9.64 Å². The Morgan fingerprint density at radius 3 is 2.80 bits per heavy atom. The number of likely N-dealkylation sites (tertiary alicyclic amines) is 1. The Morgan fingerprint density at radius 1 is 1.20 bits per heavy atom. The molecule has 0 unspecified atom stereocenters. The van der Waals surface area contributed by atoms with Gasteiger partial charge in [-0.3, -0.25) is 4.90 Å². The molecule has 35 heavy (non-hydrogen) atoms. The van der Waals surface area contributed by atoms with Gasteiger partial charge in [-0.15, -0.1) is 0 Å². The minimum atomic E-state index is -0.137. The molecule has 2 aromatic carbocycles. The zero-order chi connectivity index (χ0) is 24.9. The van der Waals surface area contributed by atoms with Crippen molar-refractivity contribution in [3.05, 3.63) is 76.2 Å². The summed E-state index contributed by atoms with van der Waals surface area (Å²) in [4.78, 5) is 5.03. The lowest BCUT2D eigenvalue weighted by Gasteiger charge is -2.32. The second-order valence-electron chi connectivity index (χ2n) is 11.0. The number of hydrogen-bond donors (Lipinski definition) is 0. The number of ether oxygens (including phenoxy) is 1. The number of rotatable bonds is 9. The Morgan fingerprint density at radius 2 is 2.03 bits per heavy atom. The fourth-order valence-electron chi connectivity index (χ4n) is 5.77. The summed E-state index contributed by atoms with van der Waals surface area (Å²) in [7, 11) is 0.